The summed E-state index contributed by atoms with van der Waals surface area (Å²) in [6.07, 6.45) is 2.68. The molecule has 3 rings (SSSR count). The summed E-state index contributed by atoms with van der Waals surface area (Å²) >= 11 is 1.77. The van der Waals surface area contributed by atoms with E-state index in [1.54, 1.807) is 11.3 Å². The average molecular weight is 534 g/mol. The minimum Gasteiger partial charge on any atom is -0.466 e. The number of aliphatic imine (C=N–C) groups is 1. The van der Waals surface area contributed by atoms with Crippen molar-refractivity contribution in [1.29, 1.82) is 0 Å². The highest BCUT2D eigenvalue weighted by molar-refractivity contribution is 14.0. The summed E-state index contributed by atoms with van der Waals surface area (Å²) in [5, 5.41) is 5.36. The monoisotopic (exact) mass is 534 g/mol. The summed E-state index contributed by atoms with van der Waals surface area (Å²) < 4.78 is 5.18. The second-order valence-electron chi connectivity index (χ2n) is 7.14. The highest BCUT2D eigenvalue weighted by Crippen LogP contribution is 2.24. The minimum atomic E-state index is -0.140. The van der Waals surface area contributed by atoms with E-state index >= 15 is 0 Å². The molecule has 1 aromatic heterocycles. The maximum atomic E-state index is 12.7. The number of likely N-dealkylation sites (tertiary alicyclic amines) is 1. The summed E-state index contributed by atoms with van der Waals surface area (Å²) in [6, 6.07) is 2.11. The number of amides is 1. The quantitative estimate of drug-likeness (QED) is 0.272. The number of esters is 1. The molecule has 2 aliphatic rings. The Morgan fingerprint density at radius 1 is 1.31 bits per heavy atom. The molecule has 1 atom stereocenters. The molecule has 0 spiro atoms. The molecule has 1 amide bonds. The van der Waals surface area contributed by atoms with Gasteiger partial charge in [-0.15, -0.1) is 35.3 Å². The molecule has 1 unspecified atom stereocenters. The van der Waals surface area contributed by atoms with Gasteiger partial charge in [0.1, 0.15) is 6.54 Å². The van der Waals surface area contributed by atoms with Gasteiger partial charge in [-0.2, -0.15) is 0 Å². The van der Waals surface area contributed by atoms with Gasteiger partial charge in [0.2, 0.25) is 5.91 Å². The zero-order valence-corrected chi connectivity index (χ0v) is 20.3. The molecule has 9 heteroatoms. The van der Waals surface area contributed by atoms with E-state index in [9.17, 15) is 9.59 Å². The molecule has 0 bridgehead atoms. The van der Waals surface area contributed by atoms with E-state index < -0.39 is 0 Å². The van der Waals surface area contributed by atoms with Crippen LogP contribution in [0.25, 0.3) is 0 Å². The van der Waals surface area contributed by atoms with E-state index in [2.05, 4.69) is 26.7 Å². The van der Waals surface area contributed by atoms with Crippen molar-refractivity contribution in [1.82, 2.24) is 15.1 Å². The van der Waals surface area contributed by atoms with Crippen molar-refractivity contribution in [3.05, 3.63) is 21.9 Å². The van der Waals surface area contributed by atoms with Gasteiger partial charge in [0.25, 0.3) is 0 Å². The molecule has 29 heavy (non-hydrogen) atoms. The number of rotatable bonds is 5. The van der Waals surface area contributed by atoms with E-state index in [1.165, 1.54) is 10.4 Å². The first kappa shape index (κ1) is 23.9. The third kappa shape index (κ3) is 6.31. The Bertz CT molecular complexity index is 724. The number of guanidine groups is 1. The molecule has 1 saturated heterocycles. The van der Waals surface area contributed by atoms with Crippen molar-refractivity contribution in [2.24, 2.45) is 10.9 Å². The molecular formula is C20H31IN4O3S. The third-order valence-electron chi connectivity index (χ3n) is 5.20. The molecular weight excluding hydrogens is 503 g/mol. The molecule has 1 aromatic rings. The number of carbonyl (C=O) groups excluding carboxylic acids is 2. The highest BCUT2D eigenvalue weighted by Gasteiger charge is 2.29. The van der Waals surface area contributed by atoms with E-state index in [1.807, 2.05) is 18.7 Å². The predicted octanol–water partition coefficient (Wildman–Crippen LogP) is 2.49. The fourth-order valence-corrected chi connectivity index (χ4v) is 4.64. The fraction of sp³-hybridized carbons (Fsp3) is 0.650. The van der Waals surface area contributed by atoms with Crippen LogP contribution in [0.4, 0.5) is 0 Å². The van der Waals surface area contributed by atoms with Gasteiger partial charge in [0, 0.05) is 37.6 Å². The lowest BCUT2D eigenvalue weighted by atomic mass is 9.98. The van der Waals surface area contributed by atoms with Crippen LogP contribution < -0.4 is 5.32 Å². The summed E-state index contributed by atoms with van der Waals surface area (Å²) in [4.78, 5) is 34.7. The van der Waals surface area contributed by atoms with Crippen LogP contribution in [0, 0.1) is 5.92 Å². The molecule has 3 heterocycles. The normalized spacial score (nSPS) is 19.2. The number of piperidine rings is 1. The average Bonchev–Trinajstić information content (AvgIpc) is 3.19. The zero-order chi connectivity index (χ0) is 19.9. The maximum Gasteiger partial charge on any atom is 0.310 e. The van der Waals surface area contributed by atoms with Crippen molar-refractivity contribution < 1.29 is 14.3 Å². The van der Waals surface area contributed by atoms with Crippen LogP contribution in [0.3, 0.4) is 0 Å². The summed E-state index contributed by atoms with van der Waals surface area (Å²) in [7, 11) is 0. The number of carbonyl (C=O) groups is 2. The van der Waals surface area contributed by atoms with E-state index in [0.717, 1.165) is 38.9 Å². The topological polar surface area (TPSA) is 74.2 Å². The largest absolute Gasteiger partial charge is 0.466 e. The lowest BCUT2D eigenvalue weighted by Gasteiger charge is -2.34. The first-order valence-corrected chi connectivity index (χ1v) is 11.0. The Morgan fingerprint density at radius 3 is 2.90 bits per heavy atom. The molecule has 162 valence electrons. The first-order chi connectivity index (χ1) is 13.6. The van der Waals surface area contributed by atoms with Gasteiger partial charge in [0.05, 0.1) is 12.5 Å². The molecule has 0 radical (unpaired) electrons. The van der Waals surface area contributed by atoms with Crippen molar-refractivity contribution in [2.75, 3.05) is 39.3 Å². The Balaban J connectivity index is 0.00000300. The van der Waals surface area contributed by atoms with Crippen LogP contribution in [0.5, 0.6) is 0 Å². The Labute approximate surface area is 193 Å². The van der Waals surface area contributed by atoms with Gasteiger partial charge in [0.15, 0.2) is 5.96 Å². The molecule has 0 saturated carbocycles. The fourth-order valence-electron chi connectivity index (χ4n) is 3.75. The van der Waals surface area contributed by atoms with Crippen LogP contribution in [0.1, 0.15) is 37.1 Å². The number of nitrogens with one attached hydrogen (secondary N) is 1. The zero-order valence-electron chi connectivity index (χ0n) is 17.2. The summed E-state index contributed by atoms with van der Waals surface area (Å²) in [5.41, 5.74) is 1.26. The Kier molecular flexibility index (Phi) is 9.67. The maximum absolute atomic E-state index is 12.7. The standard InChI is InChI=1S/C20H30N4O3S.HI/c1-3-21-20(24-9-5-6-16(14-24)19(26)27-4-2)22-12-18(25)23-10-7-17-15(13-23)8-11-28-17;/h8,11,16H,3-7,9-10,12-14H2,1-2H3,(H,21,22);1H. The van der Waals surface area contributed by atoms with Gasteiger partial charge in [-0.1, -0.05) is 0 Å². The van der Waals surface area contributed by atoms with E-state index in [4.69, 9.17) is 4.74 Å². The summed E-state index contributed by atoms with van der Waals surface area (Å²) in [6.45, 7) is 7.93. The smallest absolute Gasteiger partial charge is 0.310 e. The van der Waals surface area contributed by atoms with Crippen LogP contribution in [0.15, 0.2) is 16.4 Å². The molecule has 7 nitrogen and oxygen atoms in total. The van der Waals surface area contributed by atoms with Gasteiger partial charge in [-0.05, 0) is 50.1 Å². The predicted molar refractivity (Wildman–Crippen MR) is 126 cm³/mol. The van der Waals surface area contributed by atoms with Gasteiger partial charge in [-0.3, -0.25) is 9.59 Å². The summed E-state index contributed by atoms with van der Waals surface area (Å²) in [5.74, 6) is 0.482. The van der Waals surface area contributed by atoms with Gasteiger partial charge < -0.3 is 19.9 Å². The molecule has 2 aliphatic heterocycles. The first-order valence-electron chi connectivity index (χ1n) is 10.1. The van der Waals surface area contributed by atoms with Gasteiger partial charge in [-0.25, -0.2) is 4.99 Å². The molecule has 0 aliphatic carbocycles. The lowest BCUT2D eigenvalue weighted by Crippen LogP contribution is -2.48. The van der Waals surface area contributed by atoms with Crippen molar-refractivity contribution >= 4 is 53.1 Å². The van der Waals surface area contributed by atoms with Crippen molar-refractivity contribution in [3.8, 4) is 0 Å². The number of ether oxygens (including phenoxy) is 1. The van der Waals surface area contributed by atoms with E-state index in [0.29, 0.717) is 25.7 Å². The Hall–Kier alpha value is -1.36. The van der Waals surface area contributed by atoms with Crippen LogP contribution in [-0.2, 0) is 27.3 Å². The van der Waals surface area contributed by atoms with Crippen molar-refractivity contribution in [3.63, 3.8) is 0 Å². The number of fused-ring (bicyclic) bond motifs is 1. The highest BCUT2D eigenvalue weighted by atomic mass is 127. The number of halogens is 1. The second-order valence-corrected chi connectivity index (χ2v) is 8.14. The second kappa shape index (κ2) is 11.7. The van der Waals surface area contributed by atoms with Crippen LogP contribution in [-0.4, -0.2) is 67.0 Å². The molecule has 1 N–H and O–H groups in total. The van der Waals surface area contributed by atoms with Crippen LogP contribution in [0.2, 0.25) is 0 Å². The van der Waals surface area contributed by atoms with Crippen molar-refractivity contribution in [2.45, 2.75) is 39.7 Å². The number of thiophene rings is 1. The van der Waals surface area contributed by atoms with Gasteiger partial charge >= 0.3 is 5.97 Å². The minimum absolute atomic E-state index is 0. The number of hydrogen-bond donors (Lipinski definition) is 1. The number of hydrogen-bond acceptors (Lipinski definition) is 5. The Morgan fingerprint density at radius 2 is 2.14 bits per heavy atom. The molecule has 1 fully saturated rings. The lowest BCUT2D eigenvalue weighted by molar-refractivity contribution is -0.149. The van der Waals surface area contributed by atoms with E-state index in [-0.39, 0.29) is 48.3 Å². The van der Waals surface area contributed by atoms with Crippen LogP contribution >= 0.6 is 35.3 Å². The molecule has 0 aromatic carbocycles. The number of nitrogens with zero attached hydrogens (tertiary/aromatic N) is 3. The third-order valence-corrected chi connectivity index (χ3v) is 6.22. The SMILES string of the molecule is CCNC(=NCC(=O)N1CCc2sccc2C1)N1CCCC(C(=O)OCC)C1.I.